The van der Waals surface area contributed by atoms with Crippen LogP contribution in [-0.2, 0) is 39.4 Å². The number of hydrazine groups is 2. The Morgan fingerprint density at radius 3 is 1.44 bits per heavy atom. The molecular formula is C50H44N18O18S4. The zero-order valence-corrected chi connectivity index (χ0v) is 48.8. The maximum absolute atomic E-state index is 12.7. The Labute approximate surface area is 512 Å². The molecule has 36 nitrogen and oxygen atoms in total. The van der Waals surface area contributed by atoms with E-state index in [0.717, 1.165) is 53.6 Å². The number of carboxylic acids is 4. The predicted molar refractivity (Wildman–Crippen MR) is 322 cm³/mol. The molecular weight excluding hydrogens is 1270 g/mol. The summed E-state index contributed by atoms with van der Waals surface area (Å²) in [6.07, 6.45) is 0. The molecule has 0 aliphatic heterocycles. The number of fused-ring (bicyclic) bond motifs is 2. The molecule has 40 heteroatoms. The molecule has 16 N–H and O–H groups in total. The number of carbonyl (C=O) groups is 6. The highest BCUT2D eigenvalue weighted by Crippen LogP contribution is 2.46. The highest BCUT2D eigenvalue weighted by Gasteiger charge is 2.27. The number of carbonyl (C=O) groups excluding carboxylic acids is 2. The number of amides is 2. The lowest BCUT2D eigenvalue weighted by Crippen LogP contribution is -2.34. The average molecular weight is 1310 g/mol. The second-order valence-corrected chi connectivity index (χ2v) is 23.5. The second kappa shape index (κ2) is 27.7. The third-order valence-corrected chi connectivity index (χ3v) is 15.8. The van der Waals surface area contributed by atoms with E-state index in [-0.39, 0.29) is 72.6 Å². The van der Waals surface area contributed by atoms with Gasteiger partial charge in [-0.25, -0.2) is 19.2 Å². The highest BCUT2D eigenvalue weighted by atomic mass is 33.1. The summed E-state index contributed by atoms with van der Waals surface area (Å²) in [6.45, 7) is 2.26. The summed E-state index contributed by atoms with van der Waals surface area (Å²) in [5.74, 6) is -11.9. The monoisotopic (exact) mass is 1310 g/mol. The number of carboxylic acid groups (broad SMARTS) is 4. The van der Waals surface area contributed by atoms with Gasteiger partial charge in [0.25, 0.3) is 20.2 Å². The number of hydrogen-bond donors (Lipinski definition) is 16. The minimum Gasteiger partial charge on any atom is -0.505 e. The molecule has 0 spiro atoms. The van der Waals surface area contributed by atoms with Gasteiger partial charge in [0, 0.05) is 36.1 Å². The number of hydrogen-bond acceptors (Lipinski definition) is 30. The first-order valence-electron chi connectivity index (χ1n) is 25.0. The number of aromatic carboxylic acids is 2. The van der Waals surface area contributed by atoms with E-state index >= 15 is 0 Å². The van der Waals surface area contributed by atoms with Crippen molar-refractivity contribution in [2.24, 2.45) is 20.5 Å². The summed E-state index contributed by atoms with van der Waals surface area (Å²) < 4.78 is 70.4. The van der Waals surface area contributed by atoms with Crippen LogP contribution in [0.2, 0.25) is 0 Å². The fraction of sp³-hybridized carbons (Fsp3) is 0.120. The number of benzene rings is 6. The lowest BCUT2D eigenvalue weighted by molar-refractivity contribution is -0.138. The van der Waals surface area contributed by atoms with Gasteiger partial charge in [-0.05, 0) is 65.4 Å². The van der Waals surface area contributed by atoms with E-state index in [1.807, 2.05) is 0 Å². The molecule has 0 aliphatic rings. The second-order valence-electron chi connectivity index (χ2n) is 18.1. The number of aromatic hydroxyl groups is 2. The average Bonchev–Trinajstić information content (AvgIpc) is 0.787. The van der Waals surface area contributed by atoms with Gasteiger partial charge in [0.2, 0.25) is 47.5 Å². The summed E-state index contributed by atoms with van der Waals surface area (Å²) in [6, 6.07) is 17.2. The van der Waals surface area contributed by atoms with Crippen LogP contribution in [-0.4, -0.2) is 146 Å². The largest absolute Gasteiger partial charge is 0.505 e. The molecule has 2 amide bonds. The molecule has 466 valence electrons. The molecule has 2 aromatic heterocycles. The molecule has 0 bridgehead atoms. The molecule has 8 aromatic rings. The third-order valence-electron chi connectivity index (χ3n) is 11.7. The van der Waals surface area contributed by atoms with Crippen LogP contribution in [0.3, 0.4) is 0 Å². The molecule has 0 saturated carbocycles. The van der Waals surface area contributed by atoms with Gasteiger partial charge in [-0.2, -0.15) is 46.7 Å². The number of anilines is 8. The smallest absolute Gasteiger partial charge is 0.337 e. The van der Waals surface area contributed by atoms with Crippen molar-refractivity contribution in [1.82, 2.24) is 40.8 Å². The van der Waals surface area contributed by atoms with Crippen LogP contribution in [0.25, 0.3) is 21.5 Å². The molecule has 0 saturated heterocycles. The van der Waals surface area contributed by atoms with Crippen LogP contribution in [0.5, 0.6) is 11.5 Å². The van der Waals surface area contributed by atoms with E-state index in [2.05, 4.69) is 93.3 Å². The molecule has 0 aliphatic carbocycles. The summed E-state index contributed by atoms with van der Waals surface area (Å²) in [5, 5.41) is 89.0. The van der Waals surface area contributed by atoms with Gasteiger partial charge in [0.05, 0.1) is 27.4 Å². The van der Waals surface area contributed by atoms with Gasteiger partial charge in [0.1, 0.15) is 39.7 Å². The Bertz CT molecular complexity index is 4510. The van der Waals surface area contributed by atoms with Gasteiger partial charge in [0.15, 0.2) is 11.5 Å². The van der Waals surface area contributed by atoms with Gasteiger partial charge in [-0.1, -0.05) is 64.1 Å². The molecule has 0 fully saturated rings. The molecule has 2 unspecified atom stereocenters. The van der Waals surface area contributed by atoms with Crippen molar-refractivity contribution >= 4 is 169 Å². The van der Waals surface area contributed by atoms with E-state index in [4.69, 9.17) is 0 Å². The number of rotatable bonds is 27. The van der Waals surface area contributed by atoms with Crippen LogP contribution in [0.4, 0.5) is 69.8 Å². The van der Waals surface area contributed by atoms with Crippen molar-refractivity contribution in [2.75, 3.05) is 43.6 Å². The summed E-state index contributed by atoms with van der Waals surface area (Å²) in [4.78, 5) is 96.3. The molecule has 8 rings (SSSR count). The Balaban J connectivity index is 1.03. The Morgan fingerprint density at radius 2 is 0.956 bits per heavy atom. The van der Waals surface area contributed by atoms with Crippen LogP contribution in [0.15, 0.2) is 127 Å². The van der Waals surface area contributed by atoms with E-state index in [1.54, 1.807) is 0 Å². The van der Waals surface area contributed by atoms with E-state index in [9.17, 15) is 85.3 Å². The number of aromatic nitrogens is 6. The van der Waals surface area contributed by atoms with Gasteiger partial charge < -0.3 is 51.9 Å². The third kappa shape index (κ3) is 16.2. The van der Waals surface area contributed by atoms with E-state index in [0.29, 0.717) is 0 Å². The zero-order valence-electron chi connectivity index (χ0n) is 45.6. The number of aliphatic carboxylic acids is 2. The summed E-state index contributed by atoms with van der Waals surface area (Å²) in [7, 11) is -8.39. The van der Waals surface area contributed by atoms with Crippen molar-refractivity contribution in [3.63, 3.8) is 0 Å². The first-order valence-corrected chi connectivity index (χ1v) is 30.4. The standard InChI is InChI=1S/C50H44N18O18S4/c1-21(69)61-67-49-57-45(51-30-13-7-8-23-17-35(90(84,85)86)38(40(72)36(23)30)66-64-29-12-6-4-10-27(29)42(75)76)55-47(59-49)53-33(43(77)78)19-87-88-20-34(44(79)80)54-48-56-46(58-50(60-48)68-62-22(2)70)52-32-18-25(89(81,82)83)16-24-14-15-31(39(71)37(24)32)65-63-28-11-5-3-9-26(28)41(73)74/h3-18,33-34,71-72H,19-20H2,1-2H3,(H,61,69)(H,62,70)(H,73,74)(H,75,76)(H,77,78)(H,79,80)(H,81,82,83)(H,84,85,86)(H3,51,53,55,57,59,67)(H3,52,54,56,58,60,68). The maximum atomic E-state index is 12.7. The van der Waals surface area contributed by atoms with Crippen molar-refractivity contribution < 1.29 is 85.3 Å². The van der Waals surface area contributed by atoms with Gasteiger partial charge in [-0.3, -0.25) is 40.4 Å². The van der Waals surface area contributed by atoms with Crippen molar-refractivity contribution in [3.05, 3.63) is 108 Å². The van der Waals surface area contributed by atoms with Crippen molar-refractivity contribution in [1.29, 1.82) is 0 Å². The minimum absolute atomic E-state index is 0.0121. The number of phenols is 2. The number of nitrogens with one attached hydrogen (secondary N) is 8. The fourth-order valence-electron chi connectivity index (χ4n) is 7.76. The van der Waals surface area contributed by atoms with Crippen molar-refractivity contribution in [2.45, 2.75) is 35.7 Å². The lowest BCUT2D eigenvalue weighted by Gasteiger charge is -2.18. The van der Waals surface area contributed by atoms with E-state index in [1.165, 1.54) is 78.9 Å². The molecule has 2 atom stereocenters. The van der Waals surface area contributed by atoms with Gasteiger partial charge in [-0.15, -0.1) is 20.5 Å². The Kier molecular flexibility index (Phi) is 19.9. The number of nitrogens with zero attached hydrogens (tertiary/aromatic N) is 10. The highest BCUT2D eigenvalue weighted by molar-refractivity contribution is 8.76. The first-order chi connectivity index (χ1) is 42.6. The predicted octanol–water partition coefficient (Wildman–Crippen LogP) is 6.72. The summed E-state index contributed by atoms with van der Waals surface area (Å²) in [5.41, 5.74) is 6.99. The fourth-order valence-corrected chi connectivity index (χ4v) is 11.3. The minimum atomic E-state index is -5.13. The molecule has 90 heavy (non-hydrogen) atoms. The topological polar surface area (TPSA) is 556 Å². The molecule has 2 heterocycles. The number of azo groups is 2. The molecule has 0 radical (unpaired) electrons. The van der Waals surface area contributed by atoms with Crippen LogP contribution >= 0.6 is 21.6 Å². The summed E-state index contributed by atoms with van der Waals surface area (Å²) >= 11 is 0. The Hall–Kier alpha value is -11.2. The van der Waals surface area contributed by atoms with Crippen LogP contribution < -0.4 is 43.0 Å². The zero-order chi connectivity index (χ0) is 65.2. The SMILES string of the molecule is CC(=O)NNc1nc(Nc2cc(S(=O)(=O)O)cc3ccc(N=Nc4ccccc4C(=O)O)c(O)c23)nc(NC(CSSCC(Nc2nc(NNC(C)=O)nc(Nc3cccc4cc(S(=O)(=O)O)c(N=Nc5ccccc5C(=O)O)c(O)c34)n2)C(=O)O)C(=O)O)n1. The molecule has 6 aromatic carbocycles. The quantitative estimate of drug-likeness (QED) is 0.00835. The first kappa shape index (κ1) is 64.8. The van der Waals surface area contributed by atoms with Crippen molar-refractivity contribution in [3.8, 4) is 11.5 Å². The normalized spacial score (nSPS) is 12.3. The lowest BCUT2D eigenvalue weighted by atomic mass is 10.1. The van der Waals surface area contributed by atoms with Gasteiger partial charge >= 0.3 is 23.9 Å². The van der Waals surface area contributed by atoms with E-state index < -0.39 is 131 Å². The van der Waals surface area contributed by atoms with Crippen LogP contribution in [0, 0.1) is 0 Å². The maximum Gasteiger partial charge on any atom is 0.337 e. The Morgan fingerprint density at radius 1 is 0.500 bits per heavy atom. The van der Waals surface area contributed by atoms with Crippen LogP contribution in [0.1, 0.15) is 34.6 Å². The number of phenolic OH excluding ortho intramolecular Hbond substituents is 2.